The zero-order valence-electron chi connectivity index (χ0n) is 46.0. The smallest absolute Gasteiger partial charge is 0.370 e. The molecule has 0 aliphatic carbocycles. The summed E-state index contributed by atoms with van der Waals surface area (Å²) in [4.78, 5) is 146. The summed E-state index contributed by atoms with van der Waals surface area (Å²) in [6.07, 6.45) is 3.04. The van der Waals surface area contributed by atoms with Gasteiger partial charge in [-0.15, -0.1) is 0 Å². The molecule has 10 N–H and O–H groups in total. The number of aromatic nitrogens is 1. The SMILES string of the molecule is CCCC[C@H](NC(=O)c1cc2cc(C(F)(F)P(=O)(O)O)ccc2[nH]1)C(=O)N1C[C@H](C(=O)NCCCCCC#Cc2cccc3c2CN(C2CCC(=O)NC2=O)C3=O)C[C@H]1C(=O)N[C@@H](CCC(N)=O)C(=O)NC(c1ccccc1)c1ccccc1. The molecule has 3 aliphatic heterocycles. The summed E-state index contributed by atoms with van der Waals surface area (Å²) in [6.45, 7) is 2.00. The van der Waals surface area contributed by atoms with Gasteiger partial charge in [0.15, 0.2) is 0 Å². The van der Waals surface area contributed by atoms with E-state index in [4.69, 9.17) is 5.73 Å². The van der Waals surface area contributed by atoms with Crippen LogP contribution >= 0.6 is 7.60 Å². The molecule has 1 unspecified atom stereocenters. The third kappa shape index (κ3) is 14.6. The molecule has 2 saturated heterocycles. The highest BCUT2D eigenvalue weighted by molar-refractivity contribution is 7.52. The number of benzene rings is 4. The van der Waals surface area contributed by atoms with Gasteiger partial charge in [-0.2, -0.15) is 8.78 Å². The third-order valence-electron chi connectivity index (χ3n) is 15.2. The van der Waals surface area contributed by atoms with Crippen molar-refractivity contribution < 1.29 is 66.3 Å². The van der Waals surface area contributed by atoms with Crippen molar-refractivity contribution in [1.29, 1.82) is 0 Å². The molecule has 0 radical (unpaired) electrons. The number of unbranched alkanes of at least 4 members (excludes halogenated alkanes) is 4. The van der Waals surface area contributed by atoms with Crippen molar-refractivity contribution in [2.24, 2.45) is 11.7 Å². The van der Waals surface area contributed by atoms with Crippen LogP contribution in [0.3, 0.4) is 0 Å². The minimum absolute atomic E-state index is 0.0168. The molecule has 21 nitrogen and oxygen atoms in total. The van der Waals surface area contributed by atoms with Crippen LogP contribution in [0.1, 0.15) is 139 Å². The number of hydrogen-bond acceptors (Lipinski definition) is 10. The summed E-state index contributed by atoms with van der Waals surface area (Å²) in [5.74, 6) is -0.0916. The maximum Gasteiger partial charge on any atom is 0.399 e. The van der Waals surface area contributed by atoms with Crippen molar-refractivity contribution in [3.8, 4) is 11.8 Å². The number of nitrogens with one attached hydrogen (secondary N) is 6. The second-order valence-electron chi connectivity index (χ2n) is 21.1. The average Bonchev–Trinajstić information content (AvgIpc) is 3.98. The van der Waals surface area contributed by atoms with Gasteiger partial charge >= 0.3 is 13.3 Å². The lowest BCUT2D eigenvalue weighted by molar-refractivity contribution is -0.141. The van der Waals surface area contributed by atoms with Gasteiger partial charge in [-0.05, 0) is 85.5 Å². The molecule has 442 valence electrons. The first-order chi connectivity index (χ1) is 40.1. The van der Waals surface area contributed by atoms with Crippen molar-refractivity contribution in [3.63, 3.8) is 0 Å². The van der Waals surface area contributed by atoms with Crippen molar-refractivity contribution in [2.45, 2.75) is 126 Å². The number of hydrogen-bond donors (Lipinski definition) is 9. The summed E-state index contributed by atoms with van der Waals surface area (Å²) in [5.41, 5.74) is 3.30. The summed E-state index contributed by atoms with van der Waals surface area (Å²) >= 11 is 0. The zero-order chi connectivity index (χ0) is 60.3. The van der Waals surface area contributed by atoms with Crippen LogP contribution in [0.15, 0.2) is 103 Å². The maximum absolute atomic E-state index is 14.9. The Bertz CT molecular complexity index is 3400. The number of fused-ring (bicyclic) bond motifs is 2. The molecule has 8 rings (SSSR count). The molecule has 5 atom stereocenters. The van der Waals surface area contributed by atoms with Gasteiger partial charge in [-0.1, -0.05) is 111 Å². The molecular weight excluding hydrogens is 1110 g/mol. The number of nitrogens with zero attached hydrogens (tertiary/aromatic N) is 2. The molecule has 2 fully saturated rings. The molecule has 4 heterocycles. The molecule has 1 aromatic heterocycles. The number of halogens is 2. The number of aromatic amines is 1. The van der Waals surface area contributed by atoms with E-state index in [-0.39, 0.29) is 86.6 Å². The number of piperidine rings is 1. The number of carbonyl (C=O) groups is 9. The van der Waals surface area contributed by atoms with E-state index >= 15 is 0 Å². The average molecular weight is 1170 g/mol. The first-order valence-electron chi connectivity index (χ1n) is 27.8. The Kier molecular flexibility index (Phi) is 19.9. The Hall–Kier alpha value is -8.58. The van der Waals surface area contributed by atoms with E-state index in [0.29, 0.717) is 55.2 Å². The lowest BCUT2D eigenvalue weighted by atomic mass is 9.97. The Morgan fingerprint density at radius 2 is 1.55 bits per heavy atom. The number of alkyl halides is 2. The van der Waals surface area contributed by atoms with Gasteiger partial charge in [0.2, 0.25) is 41.4 Å². The minimum atomic E-state index is -5.92. The van der Waals surface area contributed by atoms with E-state index in [1.807, 2.05) is 49.4 Å². The van der Waals surface area contributed by atoms with E-state index in [9.17, 15) is 66.3 Å². The van der Waals surface area contributed by atoms with E-state index in [1.54, 1.807) is 36.4 Å². The number of rotatable bonds is 24. The summed E-state index contributed by atoms with van der Waals surface area (Å²) in [7, 11) is -5.92. The van der Waals surface area contributed by atoms with Gasteiger partial charge in [0.1, 0.15) is 29.9 Å². The zero-order valence-corrected chi connectivity index (χ0v) is 46.9. The predicted octanol–water partition coefficient (Wildman–Crippen LogP) is 5.05. The number of nitrogens with two attached hydrogens (primary N) is 1. The van der Waals surface area contributed by atoms with Crippen molar-refractivity contribution in [3.05, 3.63) is 142 Å². The largest absolute Gasteiger partial charge is 0.399 e. The van der Waals surface area contributed by atoms with Gasteiger partial charge in [0.25, 0.3) is 11.8 Å². The minimum Gasteiger partial charge on any atom is -0.370 e. The molecule has 0 spiro atoms. The fourth-order valence-electron chi connectivity index (χ4n) is 10.7. The van der Waals surface area contributed by atoms with Crippen LogP contribution in [-0.4, -0.2) is 115 Å². The van der Waals surface area contributed by atoms with Crippen LogP contribution in [0.2, 0.25) is 0 Å². The van der Waals surface area contributed by atoms with Crippen LogP contribution in [0.5, 0.6) is 0 Å². The highest BCUT2D eigenvalue weighted by Crippen LogP contribution is 2.59. The Morgan fingerprint density at radius 3 is 2.21 bits per heavy atom. The fourth-order valence-corrected chi connectivity index (χ4v) is 11.2. The van der Waals surface area contributed by atoms with E-state index in [0.717, 1.165) is 29.3 Å². The van der Waals surface area contributed by atoms with E-state index < -0.39 is 96.3 Å². The molecule has 84 heavy (non-hydrogen) atoms. The quantitative estimate of drug-likeness (QED) is 0.0170. The van der Waals surface area contributed by atoms with E-state index in [1.165, 1.54) is 15.9 Å². The normalized spacial score (nSPS) is 17.6. The lowest BCUT2D eigenvalue weighted by Gasteiger charge is -2.30. The molecule has 9 amide bonds. The Balaban J connectivity index is 0.958. The van der Waals surface area contributed by atoms with Crippen molar-refractivity contribution in [2.75, 3.05) is 13.1 Å². The highest BCUT2D eigenvalue weighted by Gasteiger charge is 2.51. The number of amides is 9. The number of H-pyrrole nitrogens is 1. The summed E-state index contributed by atoms with van der Waals surface area (Å²) in [6, 6.07) is 21.8. The van der Waals surface area contributed by atoms with Gasteiger partial charge in [0.05, 0.1) is 12.0 Å². The molecule has 0 bridgehead atoms. The van der Waals surface area contributed by atoms with Crippen LogP contribution in [0, 0.1) is 17.8 Å². The standard InChI is InChI=1S/C60H66F2N9O12P/c1-2-3-23-46(67-55(76)47-32-39-31-41(24-25-44(39)65-47)60(61,62)84(81,82)83)59(80)70-34-40(33-49(70)57(78)66-45(26-28-50(63)72)54(75)69-52(37-17-10-7-11-18-37)38-19-12-8-13-20-38)53(74)64-30-14-6-4-5-9-16-36-21-15-22-42-43(36)35-71(58(42)79)48-27-29-51(73)68-56(48)77/h7-8,10-13,15,17-22,24-25,31-32,40,45-46,48-49,52,65H,2-6,14,23,26-30,33-35H2,1H3,(H2,63,72)(H,64,74)(H,66,78)(H,67,76)(H,69,75)(H,68,73,77)(H2,81,82,83)/t40-,45+,46+,48?,49+/m1/s1. The highest BCUT2D eigenvalue weighted by atomic mass is 31.2. The molecule has 4 aromatic carbocycles. The predicted molar refractivity (Wildman–Crippen MR) is 303 cm³/mol. The van der Waals surface area contributed by atoms with Gasteiger partial charge < -0.3 is 51.6 Å². The molecule has 3 aliphatic rings. The summed E-state index contributed by atoms with van der Waals surface area (Å²) < 4.78 is 41.0. The van der Waals surface area contributed by atoms with Gasteiger partial charge in [0, 0.05) is 66.5 Å². The maximum atomic E-state index is 14.9. The monoisotopic (exact) mass is 1170 g/mol. The molecule has 5 aromatic rings. The van der Waals surface area contributed by atoms with Crippen molar-refractivity contribution in [1.82, 2.24) is 41.4 Å². The number of likely N-dealkylation sites (tertiary alicyclic amines) is 1. The number of carbonyl (C=O) groups excluding carboxylic acids is 9. The van der Waals surface area contributed by atoms with Crippen LogP contribution in [0.25, 0.3) is 10.9 Å². The molecule has 0 saturated carbocycles. The first-order valence-corrected chi connectivity index (χ1v) is 29.5. The third-order valence-corrected chi connectivity index (χ3v) is 16.2. The molecular formula is C60H66F2N9O12P. The van der Waals surface area contributed by atoms with Crippen molar-refractivity contribution >= 4 is 71.7 Å². The molecule has 24 heteroatoms. The lowest BCUT2D eigenvalue weighted by Crippen LogP contribution is -2.56. The van der Waals surface area contributed by atoms with Crippen LogP contribution < -0.4 is 32.3 Å². The fraction of sp³-hybridized carbons (Fsp3) is 0.383. The Morgan fingerprint density at radius 1 is 0.833 bits per heavy atom. The van der Waals surface area contributed by atoms with Gasteiger partial charge in [-0.3, -0.25) is 53.0 Å². The Labute approximate surface area is 482 Å². The first kappa shape index (κ1) is 61.5. The second kappa shape index (κ2) is 27.2. The second-order valence-corrected chi connectivity index (χ2v) is 22.8. The number of primary amides is 1. The van der Waals surface area contributed by atoms with Crippen LogP contribution in [0.4, 0.5) is 8.78 Å². The summed E-state index contributed by atoms with van der Waals surface area (Å²) in [5, 5.41) is 13.7. The topological polar surface area (TPSA) is 320 Å². The van der Waals surface area contributed by atoms with Crippen LogP contribution in [-0.2, 0) is 50.3 Å². The number of imide groups is 1. The van der Waals surface area contributed by atoms with E-state index in [2.05, 4.69) is 43.4 Å². The van der Waals surface area contributed by atoms with Gasteiger partial charge in [-0.25, -0.2) is 0 Å².